The zero-order valence-electron chi connectivity index (χ0n) is 15.0. The summed E-state index contributed by atoms with van der Waals surface area (Å²) in [7, 11) is 0. The number of hydrogen-bond donors (Lipinski definition) is 0. The lowest BCUT2D eigenvalue weighted by Crippen LogP contribution is -1.99. The van der Waals surface area contributed by atoms with Crippen molar-refractivity contribution in [3.8, 4) is 0 Å². The first-order chi connectivity index (χ1) is 10.3. The highest BCUT2D eigenvalue weighted by molar-refractivity contribution is 6.63. The zero-order chi connectivity index (χ0) is 17.0. The van der Waals surface area contributed by atoms with Gasteiger partial charge in [0.05, 0.1) is 0 Å². The molecule has 0 aromatic carbocycles. The molecule has 126 valence electrons. The summed E-state index contributed by atoms with van der Waals surface area (Å²) >= 11 is 5.40. The second-order valence-electron chi connectivity index (χ2n) is 6.70. The molecule has 0 heterocycles. The van der Waals surface area contributed by atoms with Crippen molar-refractivity contribution in [2.45, 2.75) is 79.6 Å². The zero-order valence-corrected chi connectivity index (χ0v) is 15.8. The van der Waals surface area contributed by atoms with Crippen LogP contribution < -0.4 is 0 Å². The third kappa shape index (κ3) is 14.1. The second kappa shape index (κ2) is 12.7. The van der Waals surface area contributed by atoms with Gasteiger partial charge in [0, 0.05) is 6.42 Å². The first kappa shape index (κ1) is 21.2. The molecule has 0 fully saturated rings. The molecule has 0 spiro atoms. The lowest BCUT2D eigenvalue weighted by molar-refractivity contribution is -0.112. The first-order valence-corrected chi connectivity index (χ1v) is 8.82. The minimum Gasteiger partial charge on any atom is -0.281 e. The van der Waals surface area contributed by atoms with Gasteiger partial charge < -0.3 is 0 Å². The maximum absolute atomic E-state index is 10.8. The molecular formula is C20H33ClO. The Bertz CT molecular complexity index is 411. The van der Waals surface area contributed by atoms with Crippen LogP contribution in [0.25, 0.3) is 0 Å². The number of hydrogen-bond acceptors (Lipinski definition) is 1. The van der Waals surface area contributed by atoms with Crippen LogP contribution >= 0.6 is 11.6 Å². The van der Waals surface area contributed by atoms with Crippen LogP contribution in [0.2, 0.25) is 0 Å². The minimum absolute atomic E-state index is 0.220. The Morgan fingerprint density at radius 3 is 1.91 bits per heavy atom. The fourth-order valence-corrected chi connectivity index (χ4v) is 2.59. The fourth-order valence-electron chi connectivity index (χ4n) is 2.33. The van der Waals surface area contributed by atoms with Crippen molar-refractivity contribution in [3.05, 3.63) is 34.9 Å². The summed E-state index contributed by atoms with van der Waals surface area (Å²) in [6.45, 7) is 10.8. The van der Waals surface area contributed by atoms with E-state index in [9.17, 15) is 4.79 Å². The average molecular weight is 325 g/mol. The van der Waals surface area contributed by atoms with Gasteiger partial charge in [0.1, 0.15) is 0 Å². The quantitative estimate of drug-likeness (QED) is 0.296. The van der Waals surface area contributed by atoms with Crippen LogP contribution in [0.5, 0.6) is 0 Å². The van der Waals surface area contributed by atoms with E-state index in [1.165, 1.54) is 16.7 Å². The predicted molar refractivity (Wildman–Crippen MR) is 99.3 cm³/mol. The van der Waals surface area contributed by atoms with Crippen molar-refractivity contribution in [1.29, 1.82) is 0 Å². The van der Waals surface area contributed by atoms with Gasteiger partial charge in [0.15, 0.2) is 0 Å². The summed E-state index contributed by atoms with van der Waals surface area (Å²) < 4.78 is 0. The molecular weight excluding hydrogens is 292 g/mol. The lowest BCUT2D eigenvalue weighted by atomic mass is 10.0. The Morgan fingerprint density at radius 1 is 0.909 bits per heavy atom. The van der Waals surface area contributed by atoms with Gasteiger partial charge >= 0.3 is 0 Å². The van der Waals surface area contributed by atoms with Crippen LogP contribution in [0.1, 0.15) is 79.6 Å². The molecule has 0 saturated carbocycles. The molecule has 22 heavy (non-hydrogen) atoms. The summed E-state index contributed by atoms with van der Waals surface area (Å²) in [5.41, 5.74) is 4.33. The number of halogens is 1. The third-order valence-corrected chi connectivity index (χ3v) is 3.94. The van der Waals surface area contributed by atoms with Crippen molar-refractivity contribution in [3.63, 3.8) is 0 Å². The molecule has 0 aliphatic heterocycles. The molecule has 1 atom stereocenters. The molecule has 0 rings (SSSR count). The average Bonchev–Trinajstić information content (AvgIpc) is 2.37. The van der Waals surface area contributed by atoms with Crippen LogP contribution in [0, 0.1) is 5.92 Å². The van der Waals surface area contributed by atoms with E-state index in [2.05, 4.69) is 52.8 Å². The van der Waals surface area contributed by atoms with E-state index >= 15 is 0 Å². The van der Waals surface area contributed by atoms with Crippen molar-refractivity contribution < 1.29 is 4.79 Å². The molecule has 0 bridgehead atoms. The number of carbonyl (C=O) groups excluding carboxylic acids is 1. The first-order valence-electron chi connectivity index (χ1n) is 8.44. The van der Waals surface area contributed by atoms with Crippen LogP contribution in [0.4, 0.5) is 0 Å². The predicted octanol–water partition coefficient (Wildman–Crippen LogP) is 6.98. The summed E-state index contributed by atoms with van der Waals surface area (Å²) in [6, 6.07) is 0. The molecule has 0 radical (unpaired) electrons. The summed E-state index contributed by atoms with van der Waals surface area (Å²) in [4.78, 5) is 10.8. The summed E-state index contributed by atoms with van der Waals surface area (Å²) in [6.07, 6.45) is 14.1. The van der Waals surface area contributed by atoms with Crippen LogP contribution in [0.3, 0.4) is 0 Å². The van der Waals surface area contributed by atoms with E-state index in [4.69, 9.17) is 11.6 Å². The van der Waals surface area contributed by atoms with Gasteiger partial charge in [-0.25, -0.2) is 0 Å². The summed E-state index contributed by atoms with van der Waals surface area (Å²) in [5, 5.41) is -0.220. The van der Waals surface area contributed by atoms with Gasteiger partial charge in [0.25, 0.3) is 0 Å². The monoisotopic (exact) mass is 324 g/mol. The van der Waals surface area contributed by atoms with Crippen molar-refractivity contribution >= 4 is 16.8 Å². The van der Waals surface area contributed by atoms with Crippen molar-refractivity contribution in [1.82, 2.24) is 0 Å². The topological polar surface area (TPSA) is 17.1 Å². The molecule has 0 aliphatic carbocycles. The van der Waals surface area contributed by atoms with Crippen LogP contribution in [-0.4, -0.2) is 5.24 Å². The molecule has 0 N–H and O–H groups in total. The van der Waals surface area contributed by atoms with E-state index in [0.717, 1.165) is 38.5 Å². The maximum atomic E-state index is 10.8. The van der Waals surface area contributed by atoms with E-state index < -0.39 is 0 Å². The van der Waals surface area contributed by atoms with Gasteiger partial charge in [-0.15, -0.1) is 0 Å². The van der Waals surface area contributed by atoms with Crippen LogP contribution in [-0.2, 0) is 4.79 Å². The second-order valence-corrected chi connectivity index (χ2v) is 7.12. The van der Waals surface area contributed by atoms with Crippen molar-refractivity contribution in [2.24, 2.45) is 5.92 Å². The minimum atomic E-state index is -0.220. The number of carbonyl (C=O) groups is 1. The Balaban J connectivity index is 3.91. The highest BCUT2D eigenvalue weighted by atomic mass is 35.5. The number of rotatable bonds is 11. The largest absolute Gasteiger partial charge is 0.281 e. The third-order valence-electron chi connectivity index (χ3n) is 3.78. The van der Waals surface area contributed by atoms with E-state index in [1.54, 1.807) is 0 Å². The van der Waals surface area contributed by atoms with Crippen molar-refractivity contribution in [2.75, 3.05) is 0 Å². The van der Waals surface area contributed by atoms with E-state index in [1.807, 2.05) is 0 Å². The molecule has 0 aromatic heterocycles. The fraction of sp³-hybridized carbons (Fsp3) is 0.650. The molecule has 1 unspecified atom stereocenters. The molecule has 1 nitrogen and oxygen atoms in total. The molecule has 2 heteroatoms. The molecule has 0 amide bonds. The SMILES string of the molecule is CC(C)=CCC/C(C)=C/CC/C(C)=C/CCC(C)CC(=O)Cl. The van der Waals surface area contributed by atoms with E-state index in [-0.39, 0.29) is 5.24 Å². The maximum Gasteiger partial charge on any atom is 0.221 e. The highest BCUT2D eigenvalue weighted by Crippen LogP contribution is 2.15. The molecule has 0 aliphatic rings. The van der Waals surface area contributed by atoms with Gasteiger partial charge in [0.2, 0.25) is 5.24 Å². The highest BCUT2D eigenvalue weighted by Gasteiger charge is 2.05. The molecule has 0 aromatic rings. The standard InChI is InChI=1S/C20H33ClO/c1-16(2)9-6-10-17(3)11-7-12-18(4)13-8-14-19(5)15-20(21)22/h9,11,13,19H,6-8,10,12,14-15H2,1-5H3/b17-11+,18-13+. The Kier molecular flexibility index (Phi) is 12.2. The number of allylic oxidation sites excluding steroid dienone is 6. The Morgan fingerprint density at radius 2 is 1.41 bits per heavy atom. The van der Waals surface area contributed by atoms with Gasteiger partial charge in [-0.1, -0.05) is 41.9 Å². The Hall–Kier alpha value is -0.820. The van der Waals surface area contributed by atoms with Gasteiger partial charge in [-0.2, -0.15) is 0 Å². The Labute approximate surface area is 142 Å². The lowest BCUT2D eigenvalue weighted by Gasteiger charge is -2.06. The smallest absolute Gasteiger partial charge is 0.221 e. The van der Waals surface area contributed by atoms with E-state index in [0.29, 0.717) is 12.3 Å². The van der Waals surface area contributed by atoms with Crippen LogP contribution in [0.15, 0.2) is 34.9 Å². The normalized spacial score (nSPS) is 13.9. The molecule has 0 saturated heterocycles. The summed E-state index contributed by atoms with van der Waals surface area (Å²) in [5.74, 6) is 0.381. The van der Waals surface area contributed by atoms with Gasteiger partial charge in [-0.05, 0) is 83.7 Å². The van der Waals surface area contributed by atoms with Gasteiger partial charge in [-0.3, -0.25) is 4.79 Å².